The molecule has 0 unspecified atom stereocenters. The topological polar surface area (TPSA) is 44.5 Å². The first-order valence-corrected chi connectivity index (χ1v) is 6.70. The second-order valence-corrected chi connectivity index (χ2v) is 6.47. The van der Waals surface area contributed by atoms with Crippen LogP contribution in [-0.4, -0.2) is 23.5 Å². The van der Waals surface area contributed by atoms with Crippen molar-refractivity contribution in [1.29, 1.82) is 0 Å². The van der Waals surface area contributed by atoms with E-state index < -0.39 is 7.12 Å². The molecule has 0 bridgehead atoms. The van der Waals surface area contributed by atoms with Gasteiger partial charge in [0.1, 0.15) is 5.76 Å². The van der Waals surface area contributed by atoms with Gasteiger partial charge in [0.15, 0.2) is 5.15 Å². The maximum Gasteiger partial charge on any atom is 0.501 e. The monoisotopic (exact) mass is 269 g/mol. The SMILES string of the molecule is CC1(C)OB(c2c(Cl)noc2C2CC2)OC1(C)C. The van der Waals surface area contributed by atoms with Crippen molar-refractivity contribution in [2.75, 3.05) is 0 Å². The van der Waals surface area contributed by atoms with Crippen LogP contribution in [0.1, 0.15) is 52.2 Å². The number of halogens is 1. The van der Waals surface area contributed by atoms with E-state index in [2.05, 4.69) is 5.16 Å². The van der Waals surface area contributed by atoms with Crippen LogP contribution in [0.15, 0.2) is 4.52 Å². The van der Waals surface area contributed by atoms with Crippen LogP contribution < -0.4 is 5.46 Å². The predicted octanol–water partition coefficient (Wildman–Crippen LogP) is 2.50. The molecule has 1 aliphatic carbocycles. The fourth-order valence-electron chi connectivity index (χ4n) is 2.10. The maximum absolute atomic E-state index is 6.12. The van der Waals surface area contributed by atoms with Gasteiger partial charge in [-0.1, -0.05) is 16.8 Å². The van der Waals surface area contributed by atoms with Crippen molar-refractivity contribution in [2.24, 2.45) is 0 Å². The highest BCUT2D eigenvalue weighted by atomic mass is 35.5. The first kappa shape index (κ1) is 12.5. The van der Waals surface area contributed by atoms with E-state index in [0.717, 1.165) is 24.1 Å². The van der Waals surface area contributed by atoms with Crippen LogP contribution in [0.3, 0.4) is 0 Å². The Morgan fingerprint density at radius 1 is 1.17 bits per heavy atom. The quantitative estimate of drug-likeness (QED) is 0.774. The molecule has 0 atom stereocenters. The molecule has 3 rings (SSSR count). The average Bonchev–Trinajstić information content (AvgIpc) is 2.96. The van der Waals surface area contributed by atoms with E-state index in [1.54, 1.807) is 0 Å². The number of aromatic nitrogens is 1. The van der Waals surface area contributed by atoms with Crippen molar-refractivity contribution < 1.29 is 13.8 Å². The molecular weight excluding hydrogens is 252 g/mol. The molecule has 2 aliphatic rings. The molecule has 6 heteroatoms. The van der Waals surface area contributed by atoms with Crippen molar-refractivity contribution in [2.45, 2.75) is 57.7 Å². The second kappa shape index (κ2) is 3.75. The lowest BCUT2D eigenvalue weighted by Crippen LogP contribution is -2.41. The Balaban J connectivity index is 1.95. The summed E-state index contributed by atoms with van der Waals surface area (Å²) in [5.74, 6) is 1.26. The molecule has 0 amide bonds. The zero-order valence-electron chi connectivity index (χ0n) is 11.1. The lowest BCUT2D eigenvalue weighted by Gasteiger charge is -2.32. The minimum atomic E-state index is -0.482. The van der Waals surface area contributed by atoms with Crippen LogP contribution in [0, 0.1) is 0 Å². The molecule has 0 spiro atoms. The number of nitrogens with zero attached hydrogens (tertiary/aromatic N) is 1. The molecule has 0 radical (unpaired) electrons. The number of hydrogen-bond acceptors (Lipinski definition) is 4. The number of rotatable bonds is 2. The highest BCUT2D eigenvalue weighted by molar-refractivity contribution is 6.65. The molecule has 2 heterocycles. The van der Waals surface area contributed by atoms with Crippen LogP contribution in [0.4, 0.5) is 0 Å². The molecule has 1 aromatic rings. The summed E-state index contributed by atoms with van der Waals surface area (Å²) in [4.78, 5) is 0. The van der Waals surface area contributed by atoms with Gasteiger partial charge in [0.2, 0.25) is 0 Å². The smallest absolute Gasteiger partial charge is 0.399 e. The third kappa shape index (κ3) is 1.80. The van der Waals surface area contributed by atoms with Crippen LogP contribution in [0.25, 0.3) is 0 Å². The van der Waals surface area contributed by atoms with Crippen molar-refractivity contribution in [3.8, 4) is 0 Å². The van der Waals surface area contributed by atoms with Gasteiger partial charge in [-0.3, -0.25) is 0 Å². The third-order valence-corrected chi connectivity index (χ3v) is 4.42. The van der Waals surface area contributed by atoms with Gasteiger partial charge >= 0.3 is 7.12 Å². The Morgan fingerprint density at radius 2 is 1.72 bits per heavy atom. The minimum absolute atomic E-state index is 0.357. The molecule has 1 saturated carbocycles. The Bertz CT molecular complexity index is 466. The van der Waals surface area contributed by atoms with Gasteiger partial charge in [-0.15, -0.1) is 0 Å². The van der Waals surface area contributed by atoms with E-state index in [9.17, 15) is 0 Å². The van der Waals surface area contributed by atoms with Crippen molar-refractivity contribution in [1.82, 2.24) is 5.16 Å². The summed E-state index contributed by atoms with van der Waals surface area (Å²) in [7, 11) is -0.482. The van der Waals surface area contributed by atoms with Crippen LogP contribution in [-0.2, 0) is 9.31 Å². The molecule has 18 heavy (non-hydrogen) atoms. The minimum Gasteiger partial charge on any atom is -0.399 e. The standard InChI is InChI=1S/C12H17BClNO3/c1-11(2)12(3,4)18-13(17-11)8-9(7-5-6-7)16-15-10(8)14/h7H,5-6H2,1-4H3. The van der Waals surface area contributed by atoms with Gasteiger partial charge in [-0.25, -0.2) is 0 Å². The van der Waals surface area contributed by atoms with Crippen molar-refractivity contribution in [3.63, 3.8) is 0 Å². The first-order chi connectivity index (χ1) is 8.32. The fraction of sp³-hybridized carbons (Fsp3) is 0.750. The highest BCUT2D eigenvalue weighted by Crippen LogP contribution is 2.42. The summed E-state index contributed by atoms with van der Waals surface area (Å²) in [5.41, 5.74) is 0.0239. The van der Waals surface area contributed by atoms with E-state index in [0.29, 0.717) is 11.1 Å². The lowest BCUT2D eigenvalue weighted by atomic mass is 9.78. The van der Waals surface area contributed by atoms with E-state index in [1.165, 1.54) is 0 Å². The molecule has 0 N–H and O–H groups in total. The Kier molecular flexibility index (Phi) is 2.60. The summed E-state index contributed by atoms with van der Waals surface area (Å²) in [6, 6.07) is 0. The zero-order chi connectivity index (χ0) is 13.1. The summed E-state index contributed by atoms with van der Waals surface area (Å²) in [6.45, 7) is 8.08. The molecule has 98 valence electrons. The molecular formula is C12H17BClNO3. The molecule has 1 aliphatic heterocycles. The first-order valence-electron chi connectivity index (χ1n) is 6.32. The van der Waals surface area contributed by atoms with E-state index in [-0.39, 0.29) is 11.2 Å². The van der Waals surface area contributed by atoms with E-state index >= 15 is 0 Å². The van der Waals surface area contributed by atoms with Gasteiger partial charge in [-0.2, -0.15) is 0 Å². The van der Waals surface area contributed by atoms with Gasteiger partial charge < -0.3 is 13.8 Å². The third-order valence-electron chi connectivity index (χ3n) is 4.15. The van der Waals surface area contributed by atoms with E-state index in [4.69, 9.17) is 25.4 Å². The van der Waals surface area contributed by atoms with Gasteiger partial charge in [0.25, 0.3) is 0 Å². The largest absolute Gasteiger partial charge is 0.501 e. The molecule has 4 nitrogen and oxygen atoms in total. The summed E-state index contributed by atoms with van der Waals surface area (Å²) < 4.78 is 17.3. The van der Waals surface area contributed by atoms with Gasteiger partial charge in [0, 0.05) is 5.92 Å². The van der Waals surface area contributed by atoms with Gasteiger partial charge in [0.05, 0.1) is 16.7 Å². The Hall–Kier alpha value is -0.515. The fourth-order valence-corrected chi connectivity index (χ4v) is 2.32. The second-order valence-electron chi connectivity index (χ2n) is 6.11. The number of hydrogen-bond donors (Lipinski definition) is 0. The Labute approximate surface area is 112 Å². The van der Waals surface area contributed by atoms with Gasteiger partial charge in [-0.05, 0) is 40.5 Å². The van der Waals surface area contributed by atoms with Crippen molar-refractivity contribution in [3.05, 3.63) is 10.9 Å². The predicted molar refractivity (Wildman–Crippen MR) is 69.2 cm³/mol. The zero-order valence-corrected chi connectivity index (χ0v) is 11.9. The molecule has 1 saturated heterocycles. The van der Waals surface area contributed by atoms with Crippen LogP contribution >= 0.6 is 11.6 Å². The highest BCUT2D eigenvalue weighted by Gasteiger charge is 2.54. The molecule has 2 fully saturated rings. The molecule has 0 aromatic carbocycles. The Morgan fingerprint density at radius 3 is 2.22 bits per heavy atom. The molecule has 1 aromatic heterocycles. The normalized spacial score (nSPS) is 25.7. The van der Waals surface area contributed by atoms with E-state index in [1.807, 2.05) is 27.7 Å². The van der Waals surface area contributed by atoms with Crippen LogP contribution in [0.2, 0.25) is 5.15 Å². The summed E-state index contributed by atoms with van der Waals surface area (Å²) in [6.07, 6.45) is 2.25. The average molecular weight is 270 g/mol. The van der Waals surface area contributed by atoms with Crippen LogP contribution in [0.5, 0.6) is 0 Å². The summed E-state index contributed by atoms with van der Waals surface area (Å²) in [5, 5.41) is 4.21. The van der Waals surface area contributed by atoms with Crippen molar-refractivity contribution >= 4 is 24.2 Å². The summed E-state index contributed by atoms with van der Waals surface area (Å²) >= 11 is 6.12. The lowest BCUT2D eigenvalue weighted by molar-refractivity contribution is 0.00578. The maximum atomic E-state index is 6.12.